The molecule has 0 radical (unpaired) electrons. The summed E-state index contributed by atoms with van der Waals surface area (Å²) in [7, 11) is 0. The molecule has 1 aliphatic rings. The first-order valence-electron chi connectivity index (χ1n) is 2.73. The predicted octanol–water partition coefficient (Wildman–Crippen LogP) is 0.919. The molecule has 0 aromatic heterocycles. The van der Waals surface area contributed by atoms with Crippen LogP contribution in [0.5, 0.6) is 0 Å². The molecular formula is C5H9IO2. The van der Waals surface area contributed by atoms with Gasteiger partial charge in [-0.05, 0) is 12.8 Å². The van der Waals surface area contributed by atoms with Crippen molar-refractivity contribution in [2.24, 2.45) is 0 Å². The van der Waals surface area contributed by atoms with Crippen molar-refractivity contribution < 1.29 is 9.84 Å². The Hall–Kier alpha value is 0.650. The van der Waals surface area contributed by atoms with Gasteiger partial charge in [-0.1, -0.05) is 22.6 Å². The standard InChI is InChI=1S/C5H9IO2/c6-5-2-1-4(3-7)8-5/h4-5,7H,1-3H2. The van der Waals surface area contributed by atoms with E-state index in [-0.39, 0.29) is 12.7 Å². The van der Waals surface area contributed by atoms with E-state index in [0.29, 0.717) is 4.11 Å². The minimum atomic E-state index is 0.122. The smallest absolute Gasteiger partial charge is 0.109 e. The van der Waals surface area contributed by atoms with Crippen molar-refractivity contribution in [1.82, 2.24) is 0 Å². The second kappa shape index (κ2) is 2.98. The lowest BCUT2D eigenvalue weighted by atomic mass is 10.2. The van der Waals surface area contributed by atoms with E-state index in [4.69, 9.17) is 9.84 Å². The van der Waals surface area contributed by atoms with E-state index in [1.807, 2.05) is 0 Å². The largest absolute Gasteiger partial charge is 0.394 e. The molecule has 0 spiro atoms. The number of hydrogen-bond donors (Lipinski definition) is 1. The van der Waals surface area contributed by atoms with Crippen LogP contribution in [0.3, 0.4) is 0 Å². The number of hydrogen-bond acceptors (Lipinski definition) is 2. The number of aliphatic hydroxyl groups excluding tert-OH is 1. The molecule has 0 saturated carbocycles. The number of alkyl halides is 1. The van der Waals surface area contributed by atoms with Gasteiger partial charge in [0.25, 0.3) is 0 Å². The molecule has 1 rings (SSSR count). The van der Waals surface area contributed by atoms with Gasteiger partial charge in [0.2, 0.25) is 0 Å². The van der Waals surface area contributed by atoms with Gasteiger partial charge in [-0.15, -0.1) is 0 Å². The summed E-state index contributed by atoms with van der Waals surface area (Å²) in [5.74, 6) is 0. The van der Waals surface area contributed by atoms with Gasteiger partial charge >= 0.3 is 0 Å². The third-order valence-corrected chi connectivity index (χ3v) is 2.18. The molecule has 2 unspecified atom stereocenters. The van der Waals surface area contributed by atoms with E-state index in [2.05, 4.69) is 22.6 Å². The van der Waals surface area contributed by atoms with Crippen LogP contribution in [-0.2, 0) is 4.74 Å². The van der Waals surface area contributed by atoms with Crippen molar-refractivity contribution >= 4 is 22.6 Å². The van der Waals surface area contributed by atoms with Crippen LogP contribution in [0.2, 0.25) is 0 Å². The van der Waals surface area contributed by atoms with Gasteiger partial charge in [-0.25, -0.2) is 0 Å². The van der Waals surface area contributed by atoms with Crippen molar-refractivity contribution in [3.63, 3.8) is 0 Å². The highest BCUT2D eigenvalue weighted by Crippen LogP contribution is 2.23. The van der Waals surface area contributed by atoms with Gasteiger partial charge in [0.15, 0.2) is 0 Å². The first kappa shape index (κ1) is 6.77. The Balaban J connectivity index is 2.22. The van der Waals surface area contributed by atoms with Gasteiger partial charge in [-0.2, -0.15) is 0 Å². The Kier molecular flexibility index (Phi) is 2.52. The van der Waals surface area contributed by atoms with Crippen LogP contribution >= 0.6 is 22.6 Å². The molecular weight excluding hydrogens is 219 g/mol. The SMILES string of the molecule is OCC1CCC(I)O1. The maximum Gasteiger partial charge on any atom is 0.109 e. The van der Waals surface area contributed by atoms with Crippen LogP contribution in [0.25, 0.3) is 0 Å². The second-order valence-electron chi connectivity index (χ2n) is 1.93. The second-order valence-corrected chi connectivity index (χ2v) is 3.32. The summed E-state index contributed by atoms with van der Waals surface area (Å²) in [4.78, 5) is 0. The zero-order chi connectivity index (χ0) is 5.98. The van der Waals surface area contributed by atoms with Crippen molar-refractivity contribution in [3.05, 3.63) is 0 Å². The van der Waals surface area contributed by atoms with Crippen LogP contribution in [0.1, 0.15) is 12.8 Å². The number of ether oxygens (including phenoxy) is 1. The van der Waals surface area contributed by atoms with E-state index < -0.39 is 0 Å². The fraction of sp³-hybridized carbons (Fsp3) is 1.00. The molecule has 0 bridgehead atoms. The quantitative estimate of drug-likeness (QED) is 0.534. The lowest BCUT2D eigenvalue weighted by Gasteiger charge is -2.03. The minimum Gasteiger partial charge on any atom is -0.394 e. The molecule has 1 saturated heterocycles. The third-order valence-electron chi connectivity index (χ3n) is 1.26. The highest BCUT2D eigenvalue weighted by Gasteiger charge is 2.21. The van der Waals surface area contributed by atoms with E-state index in [9.17, 15) is 0 Å². The minimum absolute atomic E-state index is 0.122. The third kappa shape index (κ3) is 1.56. The summed E-state index contributed by atoms with van der Waals surface area (Å²) < 4.78 is 5.58. The molecule has 1 fully saturated rings. The van der Waals surface area contributed by atoms with Crippen LogP contribution in [0.15, 0.2) is 0 Å². The average molecular weight is 228 g/mol. The van der Waals surface area contributed by atoms with Crippen LogP contribution < -0.4 is 0 Å². The van der Waals surface area contributed by atoms with E-state index >= 15 is 0 Å². The molecule has 3 heteroatoms. The topological polar surface area (TPSA) is 29.5 Å². The van der Waals surface area contributed by atoms with E-state index in [1.54, 1.807) is 0 Å². The monoisotopic (exact) mass is 228 g/mol. The van der Waals surface area contributed by atoms with Gasteiger partial charge in [0.1, 0.15) is 4.11 Å². The summed E-state index contributed by atoms with van der Waals surface area (Å²) in [6, 6.07) is 0. The zero-order valence-electron chi connectivity index (χ0n) is 4.51. The summed E-state index contributed by atoms with van der Waals surface area (Å²) >= 11 is 2.24. The molecule has 1 N–H and O–H groups in total. The molecule has 8 heavy (non-hydrogen) atoms. The first-order valence-corrected chi connectivity index (χ1v) is 3.98. The molecule has 0 aromatic carbocycles. The Morgan fingerprint density at radius 3 is 2.62 bits per heavy atom. The number of halogens is 1. The summed E-state index contributed by atoms with van der Waals surface area (Å²) in [5.41, 5.74) is 0. The predicted molar refractivity (Wildman–Crippen MR) is 39.0 cm³/mol. The molecule has 0 aliphatic carbocycles. The molecule has 1 heterocycles. The molecule has 2 atom stereocenters. The lowest BCUT2D eigenvalue weighted by Crippen LogP contribution is -2.10. The Morgan fingerprint density at radius 2 is 2.38 bits per heavy atom. The van der Waals surface area contributed by atoms with E-state index in [1.165, 1.54) is 0 Å². The fourth-order valence-corrected chi connectivity index (χ4v) is 1.57. The zero-order valence-corrected chi connectivity index (χ0v) is 6.67. The molecule has 1 aliphatic heterocycles. The van der Waals surface area contributed by atoms with E-state index in [0.717, 1.165) is 12.8 Å². The van der Waals surface area contributed by atoms with Crippen LogP contribution in [0, 0.1) is 0 Å². The summed E-state index contributed by atoms with van der Waals surface area (Å²) in [6.07, 6.45) is 2.23. The highest BCUT2D eigenvalue weighted by molar-refractivity contribution is 14.1. The molecule has 0 amide bonds. The van der Waals surface area contributed by atoms with Gasteiger partial charge < -0.3 is 9.84 Å². The van der Waals surface area contributed by atoms with Crippen molar-refractivity contribution in [3.8, 4) is 0 Å². The van der Waals surface area contributed by atoms with Crippen LogP contribution in [-0.4, -0.2) is 21.9 Å². The Morgan fingerprint density at radius 1 is 1.62 bits per heavy atom. The summed E-state index contributed by atoms with van der Waals surface area (Å²) in [5, 5.41) is 8.56. The van der Waals surface area contributed by atoms with Crippen LogP contribution in [0.4, 0.5) is 0 Å². The van der Waals surface area contributed by atoms with Crippen molar-refractivity contribution in [2.45, 2.75) is 23.1 Å². The number of aliphatic hydroxyl groups is 1. The number of rotatable bonds is 1. The fourth-order valence-electron chi connectivity index (χ4n) is 0.796. The van der Waals surface area contributed by atoms with Gasteiger partial charge in [-0.3, -0.25) is 0 Å². The average Bonchev–Trinajstić information content (AvgIpc) is 2.14. The maximum atomic E-state index is 8.56. The summed E-state index contributed by atoms with van der Waals surface area (Å²) in [6.45, 7) is 0.180. The van der Waals surface area contributed by atoms with Crippen molar-refractivity contribution in [2.75, 3.05) is 6.61 Å². The Labute approximate surface area is 62.4 Å². The van der Waals surface area contributed by atoms with Crippen molar-refractivity contribution in [1.29, 1.82) is 0 Å². The molecule has 0 aromatic rings. The Bertz CT molecular complexity index is 76.8. The lowest BCUT2D eigenvalue weighted by molar-refractivity contribution is 0.0520. The highest BCUT2D eigenvalue weighted by atomic mass is 127. The molecule has 48 valence electrons. The normalized spacial score (nSPS) is 38.2. The maximum absolute atomic E-state index is 8.56. The first-order chi connectivity index (χ1) is 3.83. The molecule has 2 nitrogen and oxygen atoms in total. The van der Waals surface area contributed by atoms with Gasteiger partial charge in [0.05, 0.1) is 12.7 Å². The van der Waals surface area contributed by atoms with Gasteiger partial charge in [0, 0.05) is 0 Å².